The van der Waals surface area contributed by atoms with Gasteiger partial charge >= 0.3 is 0 Å². The van der Waals surface area contributed by atoms with Crippen molar-refractivity contribution in [2.45, 2.75) is 37.2 Å². The minimum atomic E-state index is -3.38. The Morgan fingerprint density at radius 3 is 2.67 bits per heavy atom. The van der Waals surface area contributed by atoms with Gasteiger partial charge < -0.3 is 5.11 Å². The molecule has 1 N–H and O–H groups in total. The Balaban J connectivity index is 2.09. The monoisotopic (exact) mass is 289 g/mol. The molecular formula is C12H19NO3S2. The molecule has 18 heavy (non-hydrogen) atoms. The van der Waals surface area contributed by atoms with E-state index in [2.05, 4.69) is 0 Å². The van der Waals surface area contributed by atoms with E-state index in [1.807, 2.05) is 0 Å². The van der Waals surface area contributed by atoms with E-state index in [0.717, 1.165) is 12.8 Å². The summed E-state index contributed by atoms with van der Waals surface area (Å²) in [5, 5.41) is 10.6. The van der Waals surface area contributed by atoms with Gasteiger partial charge in [-0.15, -0.1) is 11.3 Å². The van der Waals surface area contributed by atoms with E-state index in [0.29, 0.717) is 22.2 Å². The summed E-state index contributed by atoms with van der Waals surface area (Å²) in [7, 11) is -1.74. The van der Waals surface area contributed by atoms with Crippen LogP contribution in [0.5, 0.6) is 0 Å². The first-order valence-corrected chi connectivity index (χ1v) is 8.50. The van der Waals surface area contributed by atoms with Gasteiger partial charge in [-0.3, -0.25) is 0 Å². The van der Waals surface area contributed by atoms with Crippen molar-refractivity contribution in [1.82, 2.24) is 4.31 Å². The van der Waals surface area contributed by atoms with Crippen LogP contribution in [-0.2, 0) is 16.6 Å². The van der Waals surface area contributed by atoms with Crippen LogP contribution in [0.4, 0.5) is 0 Å². The average Bonchev–Trinajstić information content (AvgIpc) is 2.99. The summed E-state index contributed by atoms with van der Waals surface area (Å²) in [4.78, 5) is 0.986. The molecule has 6 heteroatoms. The average molecular weight is 289 g/mol. The normalized spacial score (nSPS) is 17.7. The smallest absolute Gasteiger partial charge is 0.243 e. The molecule has 1 fully saturated rings. The maximum atomic E-state index is 12.3. The zero-order valence-electron chi connectivity index (χ0n) is 10.5. The largest absolute Gasteiger partial charge is 0.391 e. The summed E-state index contributed by atoms with van der Waals surface area (Å²) in [6.07, 6.45) is 4.69. The summed E-state index contributed by atoms with van der Waals surface area (Å²) >= 11 is 1.28. The van der Waals surface area contributed by atoms with Crippen LogP contribution in [0.25, 0.3) is 0 Å². The van der Waals surface area contributed by atoms with E-state index in [4.69, 9.17) is 5.11 Å². The molecule has 0 saturated heterocycles. The zero-order chi connectivity index (χ0) is 13.2. The fourth-order valence-electron chi connectivity index (χ4n) is 2.41. The molecule has 0 unspecified atom stereocenters. The fourth-order valence-corrected chi connectivity index (χ4v) is 4.78. The first-order chi connectivity index (χ1) is 8.54. The first kappa shape index (κ1) is 14.0. The van der Waals surface area contributed by atoms with E-state index in [-0.39, 0.29) is 6.61 Å². The van der Waals surface area contributed by atoms with Crippen molar-refractivity contribution < 1.29 is 13.5 Å². The highest BCUT2D eigenvalue weighted by Crippen LogP contribution is 2.28. The molecule has 1 aliphatic carbocycles. The van der Waals surface area contributed by atoms with Gasteiger partial charge in [0.2, 0.25) is 10.0 Å². The minimum Gasteiger partial charge on any atom is -0.391 e. The van der Waals surface area contributed by atoms with Crippen LogP contribution in [-0.4, -0.2) is 31.4 Å². The van der Waals surface area contributed by atoms with Crippen LogP contribution >= 0.6 is 11.3 Å². The van der Waals surface area contributed by atoms with Gasteiger partial charge in [0.1, 0.15) is 0 Å². The number of rotatable bonds is 5. The second kappa shape index (κ2) is 5.69. The molecule has 102 valence electrons. The number of aliphatic hydroxyl groups excluding tert-OH is 1. The Morgan fingerprint density at radius 1 is 1.44 bits per heavy atom. The van der Waals surface area contributed by atoms with E-state index in [1.54, 1.807) is 18.5 Å². The van der Waals surface area contributed by atoms with Gasteiger partial charge in [0.15, 0.2) is 0 Å². The molecule has 0 aliphatic heterocycles. The molecule has 1 aromatic rings. The summed E-state index contributed by atoms with van der Waals surface area (Å²) < 4.78 is 26.1. The predicted molar refractivity (Wildman–Crippen MR) is 72.0 cm³/mol. The number of nitrogens with zero attached hydrogens (tertiary/aromatic N) is 1. The lowest BCUT2D eigenvalue weighted by molar-refractivity contribution is 0.285. The lowest BCUT2D eigenvalue weighted by atomic mass is 10.1. The lowest BCUT2D eigenvalue weighted by Crippen LogP contribution is -2.31. The van der Waals surface area contributed by atoms with Crippen molar-refractivity contribution in [2.75, 3.05) is 13.6 Å². The summed E-state index contributed by atoms with van der Waals surface area (Å²) in [5.74, 6) is 0.501. The van der Waals surface area contributed by atoms with Crippen LogP contribution in [0, 0.1) is 5.92 Å². The van der Waals surface area contributed by atoms with Crippen molar-refractivity contribution in [3.05, 3.63) is 16.3 Å². The Hall–Kier alpha value is -0.430. The molecule has 0 aromatic carbocycles. The van der Waals surface area contributed by atoms with E-state index in [9.17, 15) is 8.42 Å². The molecule has 2 rings (SSSR count). The van der Waals surface area contributed by atoms with E-state index in [1.165, 1.54) is 28.5 Å². The second-order valence-corrected chi connectivity index (χ2v) is 7.88. The SMILES string of the molecule is CN(CC1CCCC1)S(=O)(=O)c1csc(CO)c1. The van der Waals surface area contributed by atoms with Crippen molar-refractivity contribution in [1.29, 1.82) is 0 Å². The molecule has 1 heterocycles. The van der Waals surface area contributed by atoms with Crippen molar-refractivity contribution in [3.8, 4) is 0 Å². The van der Waals surface area contributed by atoms with Crippen molar-refractivity contribution >= 4 is 21.4 Å². The van der Waals surface area contributed by atoms with Crippen LogP contribution in [0.1, 0.15) is 30.6 Å². The predicted octanol–water partition coefficient (Wildman–Crippen LogP) is 2.05. The van der Waals surface area contributed by atoms with Gasteiger partial charge in [0.25, 0.3) is 0 Å². The van der Waals surface area contributed by atoms with Gasteiger partial charge in [0, 0.05) is 23.8 Å². The molecule has 4 nitrogen and oxygen atoms in total. The van der Waals surface area contributed by atoms with E-state index < -0.39 is 10.0 Å². The van der Waals surface area contributed by atoms with Crippen molar-refractivity contribution in [3.63, 3.8) is 0 Å². The van der Waals surface area contributed by atoms with Gasteiger partial charge in [-0.1, -0.05) is 12.8 Å². The third-order valence-electron chi connectivity index (χ3n) is 3.48. The summed E-state index contributed by atoms with van der Waals surface area (Å²) in [5.41, 5.74) is 0. The highest BCUT2D eigenvalue weighted by molar-refractivity contribution is 7.89. The molecule has 0 spiro atoms. The second-order valence-electron chi connectivity index (χ2n) is 4.84. The van der Waals surface area contributed by atoms with Gasteiger partial charge in [-0.2, -0.15) is 0 Å². The number of sulfonamides is 1. The maximum absolute atomic E-state index is 12.3. The number of aliphatic hydroxyl groups is 1. The van der Waals surface area contributed by atoms with Gasteiger partial charge in [-0.05, 0) is 24.8 Å². The van der Waals surface area contributed by atoms with E-state index >= 15 is 0 Å². The number of thiophene rings is 1. The fraction of sp³-hybridized carbons (Fsp3) is 0.667. The molecule has 0 radical (unpaired) electrons. The molecule has 1 aromatic heterocycles. The summed E-state index contributed by atoms with van der Waals surface area (Å²) in [6.45, 7) is 0.499. The summed E-state index contributed by atoms with van der Waals surface area (Å²) in [6, 6.07) is 1.56. The minimum absolute atomic E-state index is 0.105. The zero-order valence-corrected chi connectivity index (χ0v) is 12.1. The van der Waals surface area contributed by atoms with Crippen LogP contribution in [0.15, 0.2) is 16.3 Å². The third-order valence-corrected chi connectivity index (χ3v) is 6.36. The third kappa shape index (κ3) is 2.93. The Kier molecular flexibility index (Phi) is 4.42. The van der Waals surface area contributed by atoms with Crippen LogP contribution in [0.3, 0.4) is 0 Å². The lowest BCUT2D eigenvalue weighted by Gasteiger charge is -2.20. The standard InChI is InChI=1S/C12H19NO3S2/c1-13(7-10-4-2-3-5-10)18(15,16)12-6-11(8-14)17-9-12/h6,9-10,14H,2-5,7-8H2,1H3. The highest BCUT2D eigenvalue weighted by Gasteiger charge is 2.26. The Morgan fingerprint density at radius 2 is 2.11 bits per heavy atom. The molecular weight excluding hydrogens is 270 g/mol. The quantitative estimate of drug-likeness (QED) is 0.902. The topological polar surface area (TPSA) is 57.6 Å². The molecule has 1 saturated carbocycles. The molecule has 0 atom stereocenters. The Labute approximate surface area is 112 Å². The maximum Gasteiger partial charge on any atom is 0.243 e. The number of hydrogen-bond acceptors (Lipinski definition) is 4. The van der Waals surface area contributed by atoms with Gasteiger partial charge in [0.05, 0.1) is 11.5 Å². The molecule has 0 bridgehead atoms. The van der Waals surface area contributed by atoms with Crippen LogP contribution in [0.2, 0.25) is 0 Å². The molecule has 0 amide bonds. The van der Waals surface area contributed by atoms with Crippen LogP contribution < -0.4 is 0 Å². The van der Waals surface area contributed by atoms with Crippen molar-refractivity contribution in [2.24, 2.45) is 5.92 Å². The molecule has 1 aliphatic rings. The van der Waals surface area contributed by atoms with Gasteiger partial charge in [-0.25, -0.2) is 12.7 Å². The first-order valence-electron chi connectivity index (χ1n) is 6.18. The Bertz CT molecular complexity index is 489. The number of hydrogen-bond donors (Lipinski definition) is 1. The highest BCUT2D eigenvalue weighted by atomic mass is 32.2.